The zero-order valence-corrected chi connectivity index (χ0v) is 7.65. The van der Waals surface area contributed by atoms with Gasteiger partial charge in [-0.1, -0.05) is 0 Å². The maximum Gasteiger partial charge on any atom is 0.237 e. The summed E-state index contributed by atoms with van der Waals surface area (Å²) >= 11 is 5.50. The monoisotopic (exact) mass is 179 g/mol. The summed E-state index contributed by atoms with van der Waals surface area (Å²) in [5.74, 6) is -0.122. The van der Waals surface area contributed by atoms with Crippen LogP contribution in [0.15, 0.2) is 0 Å². The Labute approximate surface area is 72.1 Å². The second-order valence-corrected chi connectivity index (χ2v) is 2.91. The minimum Gasteiger partial charge on any atom is -0.385 e. The van der Waals surface area contributed by atoms with Crippen molar-refractivity contribution in [3.63, 3.8) is 0 Å². The first-order chi connectivity index (χ1) is 5.18. The normalized spacial score (nSPS) is 12.6. The van der Waals surface area contributed by atoms with Crippen molar-refractivity contribution in [2.45, 2.75) is 18.7 Å². The molecule has 0 saturated carbocycles. The standard InChI is InChI=1S/C7H14ClNO2/c1-6(8)7(10)9-4-3-5-11-2/h6H,3-5H2,1-2H3,(H,9,10)/t6-/m1/s1. The highest BCUT2D eigenvalue weighted by molar-refractivity contribution is 6.30. The number of ether oxygens (including phenoxy) is 1. The molecular weight excluding hydrogens is 166 g/mol. The third-order valence-electron chi connectivity index (χ3n) is 1.19. The first-order valence-electron chi connectivity index (χ1n) is 3.59. The van der Waals surface area contributed by atoms with Gasteiger partial charge >= 0.3 is 0 Å². The molecule has 1 N–H and O–H groups in total. The van der Waals surface area contributed by atoms with Gasteiger partial charge in [0.15, 0.2) is 0 Å². The van der Waals surface area contributed by atoms with E-state index in [-0.39, 0.29) is 5.91 Å². The van der Waals surface area contributed by atoms with E-state index in [0.717, 1.165) is 6.42 Å². The number of carbonyl (C=O) groups excluding carboxylic acids is 1. The van der Waals surface area contributed by atoms with Crippen LogP contribution in [0.1, 0.15) is 13.3 Å². The Balaban J connectivity index is 3.18. The maximum atomic E-state index is 10.8. The van der Waals surface area contributed by atoms with E-state index < -0.39 is 5.38 Å². The van der Waals surface area contributed by atoms with Crippen LogP contribution in [0.25, 0.3) is 0 Å². The largest absolute Gasteiger partial charge is 0.385 e. The van der Waals surface area contributed by atoms with Gasteiger partial charge in [0.25, 0.3) is 0 Å². The molecule has 0 aromatic carbocycles. The fourth-order valence-corrected chi connectivity index (χ4v) is 0.646. The molecule has 0 aliphatic heterocycles. The lowest BCUT2D eigenvalue weighted by Crippen LogP contribution is -2.30. The first kappa shape index (κ1) is 10.7. The van der Waals surface area contributed by atoms with Gasteiger partial charge in [-0.25, -0.2) is 0 Å². The molecule has 0 bridgehead atoms. The lowest BCUT2D eigenvalue weighted by molar-refractivity contribution is -0.120. The summed E-state index contributed by atoms with van der Waals surface area (Å²) < 4.78 is 4.80. The SMILES string of the molecule is COCCCNC(=O)[C@@H](C)Cl. The molecule has 4 heteroatoms. The second-order valence-electron chi connectivity index (χ2n) is 2.25. The third-order valence-corrected chi connectivity index (χ3v) is 1.38. The van der Waals surface area contributed by atoms with Gasteiger partial charge in [0.05, 0.1) is 0 Å². The second kappa shape index (κ2) is 6.43. The van der Waals surface area contributed by atoms with Gasteiger partial charge in [0.2, 0.25) is 5.91 Å². The van der Waals surface area contributed by atoms with Crippen molar-refractivity contribution < 1.29 is 9.53 Å². The molecule has 0 unspecified atom stereocenters. The zero-order chi connectivity index (χ0) is 8.69. The molecule has 0 aliphatic rings. The summed E-state index contributed by atoms with van der Waals surface area (Å²) in [6.45, 7) is 2.94. The molecule has 66 valence electrons. The topological polar surface area (TPSA) is 38.3 Å². The molecule has 0 aromatic rings. The van der Waals surface area contributed by atoms with Gasteiger partial charge in [-0.3, -0.25) is 4.79 Å². The highest BCUT2D eigenvalue weighted by Crippen LogP contribution is 1.91. The van der Waals surface area contributed by atoms with Crippen molar-refractivity contribution in [3.05, 3.63) is 0 Å². The van der Waals surface area contributed by atoms with Gasteiger partial charge in [-0.2, -0.15) is 0 Å². The van der Waals surface area contributed by atoms with Crippen LogP contribution in [0.4, 0.5) is 0 Å². The number of methoxy groups -OCH3 is 1. The molecule has 1 amide bonds. The lowest BCUT2D eigenvalue weighted by atomic mass is 10.4. The molecule has 0 fully saturated rings. The van der Waals surface area contributed by atoms with Crippen molar-refractivity contribution in [1.82, 2.24) is 5.32 Å². The van der Waals surface area contributed by atoms with E-state index in [1.54, 1.807) is 14.0 Å². The molecular formula is C7H14ClNO2. The summed E-state index contributed by atoms with van der Waals surface area (Å²) in [6.07, 6.45) is 0.825. The summed E-state index contributed by atoms with van der Waals surface area (Å²) in [7, 11) is 1.63. The molecule has 0 heterocycles. The van der Waals surface area contributed by atoms with Gasteiger partial charge in [-0.05, 0) is 13.3 Å². The third kappa shape index (κ3) is 6.13. The van der Waals surface area contributed by atoms with Crippen LogP contribution in [0, 0.1) is 0 Å². The summed E-state index contributed by atoms with van der Waals surface area (Å²) in [5, 5.41) is 2.22. The van der Waals surface area contributed by atoms with Crippen LogP contribution < -0.4 is 5.32 Å². The lowest BCUT2D eigenvalue weighted by Gasteiger charge is -2.04. The average Bonchev–Trinajstić information content (AvgIpc) is 1.97. The van der Waals surface area contributed by atoms with Gasteiger partial charge in [0.1, 0.15) is 5.38 Å². The molecule has 11 heavy (non-hydrogen) atoms. The molecule has 0 rings (SSSR count). The van der Waals surface area contributed by atoms with Crippen LogP contribution in [0.3, 0.4) is 0 Å². The average molecular weight is 180 g/mol. The van der Waals surface area contributed by atoms with E-state index in [0.29, 0.717) is 13.2 Å². The fourth-order valence-electron chi connectivity index (χ4n) is 0.569. The Bertz CT molecular complexity index is 117. The highest BCUT2D eigenvalue weighted by Gasteiger charge is 2.06. The van der Waals surface area contributed by atoms with Crippen molar-refractivity contribution >= 4 is 17.5 Å². The van der Waals surface area contributed by atoms with Crippen LogP contribution in [-0.2, 0) is 9.53 Å². The van der Waals surface area contributed by atoms with Gasteiger partial charge in [0, 0.05) is 20.3 Å². The van der Waals surface area contributed by atoms with Crippen LogP contribution in [-0.4, -0.2) is 31.5 Å². The number of halogens is 1. The van der Waals surface area contributed by atoms with Crippen molar-refractivity contribution in [1.29, 1.82) is 0 Å². The maximum absolute atomic E-state index is 10.8. The molecule has 1 atom stereocenters. The fraction of sp³-hybridized carbons (Fsp3) is 0.857. The summed E-state index contributed by atoms with van der Waals surface area (Å²) in [6, 6.07) is 0. The Morgan fingerprint density at radius 2 is 2.36 bits per heavy atom. The Hall–Kier alpha value is -0.280. The number of nitrogens with one attached hydrogen (secondary N) is 1. The Kier molecular flexibility index (Phi) is 6.27. The zero-order valence-electron chi connectivity index (χ0n) is 6.89. The Morgan fingerprint density at radius 3 is 2.82 bits per heavy atom. The minimum atomic E-state index is -0.447. The minimum absolute atomic E-state index is 0.122. The quantitative estimate of drug-likeness (QED) is 0.500. The predicted octanol–water partition coefficient (Wildman–Crippen LogP) is 0.766. The van der Waals surface area contributed by atoms with E-state index in [2.05, 4.69) is 5.32 Å². The number of carbonyl (C=O) groups is 1. The molecule has 0 aromatic heterocycles. The highest BCUT2D eigenvalue weighted by atomic mass is 35.5. The number of rotatable bonds is 5. The number of hydrogen-bond donors (Lipinski definition) is 1. The first-order valence-corrected chi connectivity index (χ1v) is 4.03. The van der Waals surface area contributed by atoms with Crippen molar-refractivity contribution in [3.8, 4) is 0 Å². The Morgan fingerprint density at radius 1 is 1.73 bits per heavy atom. The summed E-state index contributed by atoms with van der Waals surface area (Å²) in [4.78, 5) is 10.8. The molecule has 0 saturated heterocycles. The van der Waals surface area contributed by atoms with Crippen LogP contribution in [0.2, 0.25) is 0 Å². The number of amides is 1. The van der Waals surface area contributed by atoms with Gasteiger partial charge < -0.3 is 10.1 Å². The van der Waals surface area contributed by atoms with E-state index >= 15 is 0 Å². The van der Waals surface area contributed by atoms with Crippen molar-refractivity contribution in [2.24, 2.45) is 0 Å². The van der Waals surface area contributed by atoms with Crippen LogP contribution >= 0.6 is 11.6 Å². The smallest absolute Gasteiger partial charge is 0.237 e. The molecule has 3 nitrogen and oxygen atoms in total. The van der Waals surface area contributed by atoms with Gasteiger partial charge in [-0.15, -0.1) is 11.6 Å². The predicted molar refractivity (Wildman–Crippen MR) is 44.8 cm³/mol. The van der Waals surface area contributed by atoms with Crippen LogP contribution in [0.5, 0.6) is 0 Å². The van der Waals surface area contributed by atoms with E-state index in [4.69, 9.17) is 16.3 Å². The van der Waals surface area contributed by atoms with E-state index in [1.165, 1.54) is 0 Å². The van der Waals surface area contributed by atoms with Crippen molar-refractivity contribution in [2.75, 3.05) is 20.3 Å². The van der Waals surface area contributed by atoms with E-state index in [9.17, 15) is 4.79 Å². The molecule has 0 radical (unpaired) electrons. The molecule has 0 aliphatic carbocycles. The van der Waals surface area contributed by atoms with E-state index in [1.807, 2.05) is 0 Å². The number of hydrogen-bond acceptors (Lipinski definition) is 2. The summed E-state index contributed by atoms with van der Waals surface area (Å²) in [5.41, 5.74) is 0. The molecule has 0 spiro atoms. The number of alkyl halides is 1.